The van der Waals surface area contributed by atoms with Crippen LogP contribution in [0.25, 0.3) is 0 Å². The Balaban J connectivity index is -0.000000320. The molecule has 0 bridgehead atoms. The molecule has 0 fully saturated rings. The molecule has 0 saturated carbocycles. The van der Waals surface area contributed by atoms with Gasteiger partial charge in [0.1, 0.15) is 0 Å². The minimum atomic E-state index is -2.33. The van der Waals surface area contributed by atoms with Crippen molar-refractivity contribution in [1.29, 1.82) is 0 Å². The van der Waals surface area contributed by atoms with Crippen LogP contribution in [-0.4, -0.2) is 35.5 Å². The monoisotopic (exact) mass is 192 g/mol. The summed E-state index contributed by atoms with van der Waals surface area (Å²) in [7, 11) is 2.37. The molecule has 0 radical (unpaired) electrons. The van der Waals surface area contributed by atoms with Crippen molar-refractivity contribution >= 4 is 21.4 Å². The van der Waals surface area contributed by atoms with Crippen molar-refractivity contribution in [3.8, 4) is 0 Å². The van der Waals surface area contributed by atoms with E-state index in [-0.39, 0.29) is 31.0 Å². The van der Waals surface area contributed by atoms with Gasteiger partial charge in [0, 0.05) is 21.3 Å². The summed E-state index contributed by atoms with van der Waals surface area (Å²) in [4.78, 5) is 0. The van der Waals surface area contributed by atoms with Crippen LogP contribution >= 0.6 is 12.6 Å². The van der Waals surface area contributed by atoms with E-state index in [0.717, 1.165) is 0 Å². The van der Waals surface area contributed by atoms with E-state index in [1.165, 1.54) is 0 Å². The fourth-order valence-corrected chi connectivity index (χ4v) is 2.49. The quantitative estimate of drug-likeness (QED) is 0.393. The maximum atomic E-state index is 5.00. The first-order chi connectivity index (χ1) is 4.24. The molecule has 0 aromatic rings. The van der Waals surface area contributed by atoms with Crippen LogP contribution in [0.15, 0.2) is 0 Å². The van der Waals surface area contributed by atoms with Crippen LogP contribution in [0, 0.1) is 0 Å². The molecule has 6 heteroatoms. The van der Waals surface area contributed by atoms with E-state index in [4.69, 9.17) is 13.3 Å². The maximum Gasteiger partial charge on any atom is 1.00 e. The predicted octanol–water partition coefficient (Wildman–Crippen LogP) is -2.55. The minimum Gasteiger partial charge on any atom is -1.00 e. The summed E-state index contributed by atoms with van der Waals surface area (Å²) in [5.41, 5.74) is 0. The van der Waals surface area contributed by atoms with Crippen molar-refractivity contribution in [2.75, 3.05) is 26.7 Å². The Kier molecular flexibility index (Phi) is 9.96. The van der Waals surface area contributed by atoms with Crippen molar-refractivity contribution in [2.24, 2.45) is 0 Å². The van der Waals surface area contributed by atoms with Gasteiger partial charge in [0.05, 0.1) is 5.38 Å². The molecule has 0 spiro atoms. The van der Waals surface area contributed by atoms with Gasteiger partial charge in [-0.1, -0.05) is 0 Å². The first kappa shape index (κ1) is 14.0. The molecule has 10 heavy (non-hydrogen) atoms. The zero-order chi connectivity index (χ0) is 7.33. The van der Waals surface area contributed by atoms with Crippen LogP contribution in [0.3, 0.4) is 0 Å². The van der Waals surface area contributed by atoms with Gasteiger partial charge in [0.15, 0.2) is 0 Å². The average Bonchev–Trinajstić information content (AvgIpc) is 1.95. The summed E-state index contributed by atoms with van der Waals surface area (Å²) in [6.45, 7) is 0. The van der Waals surface area contributed by atoms with Gasteiger partial charge in [-0.3, -0.25) is 0 Å². The number of hydrogen-bond donors (Lipinski definition) is 1. The summed E-state index contributed by atoms with van der Waals surface area (Å²) in [5, 5.41) is 0.510. The fraction of sp³-hybridized carbons (Fsp3) is 1.00. The Morgan fingerprint density at radius 1 is 1.20 bits per heavy atom. The van der Waals surface area contributed by atoms with Gasteiger partial charge in [0.25, 0.3) is 0 Å². The molecule has 0 amide bonds. The molecule has 0 aliphatic heterocycles. The first-order valence-electron chi connectivity index (χ1n) is 2.51. The van der Waals surface area contributed by atoms with Gasteiger partial charge < -0.3 is 14.7 Å². The molecular weight excluding hydrogens is 179 g/mol. The van der Waals surface area contributed by atoms with E-state index < -0.39 is 8.80 Å². The minimum absolute atomic E-state index is 0. The van der Waals surface area contributed by atoms with Crippen LogP contribution in [0.4, 0.5) is 0 Å². The Bertz CT molecular complexity index is 68.2. The Morgan fingerprint density at radius 3 is 1.50 bits per heavy atom. The Hall–Kier alpha value is 1.45. The van der Waals surface area contributed by atoms with Gasteiger partial charge in [0.2, 0.25) is 0 Å². The van der Waals surface area contributed by atoms with Crippen molar-refractivity contribution in [3.63, 3.8) is 0 Å². The molecule has 0 rings (SSSR count). The van der Waals surface area contributed by atoms with E-state index in [2.05, 4.69) is 12.6 Å². The molecule has 0 aromatic heterocycles. The molecule has 0 N–H and O–H groups in total. The molecule has 0 unspecified atom stereocenters. The molecule has 0 aliphatic rings. The number of thiol groups is 1. The predicted molar refractivity (Wildman–Crippen MR) is 41.7 cm³/mol. The van der Waals surface area contributed by atoms with Crippen LogP contribution in [-0.2, 0) is 13.3 Å². The summed E-state index contributed by atoms with van der Waals surface area (Å²) >= 11 is 4.03. The molecule has 0 atom stereocenters. The third-order valence-electron chi connectivity index (χ3n) is 1.13. The largest absolute Gasteiger partial charge is 1.00 e. The molecule has 0 saturated heterocycles. The van der Waals surface area contributed by atoms with Crippen LogP contribution < -0.4 is 29.6 Å². The zero-order valence-corrected chi connectivity index (χ0v) is 10.8. The maximum absolute atomic E-state index is 5.00. The van der Waals surface area contributed by atoms with Gasteiger partial charge in [-0.15, -0.1) is 0 Å². The van der Waals surface area contributed by atoms with E-state index >= 15 is 0 Å². The summed E-state index contributed by atoms with van der Waals surface area (Å²) in [5.74, 6) is 0. The smallest absolute Gasteiger partial charge is 1.00 e. The van der Waals surface area contributed by atoms with E-state index in [1.54, 1.807) is 21.3 Å². The zero-order valence-electron chi connectivity index (χ0n) is 7.88. The standard InChI is InChI=1S/C4H12O3SSi.Na.H/c1-5-9(4-8,6-2)7-3;;/h8H,4H2,1-3H3;;/q;+1;-1. The molecule has 0 heterocycles. The van der Waals surface area contributed by atoms with Crippen LogP contribution in [0.5, 0.6) is 0 Å². The topological polar surface area (TPSA) is 27.7 Å². The first-order valence-corrected chi connectivity index (χ1v) is 5.07. The van der Waals surface area contributed by atoms with Crippen molar-refractivity contribution < 1.29 is 44.3 Å². The Labute approximate surface area is 92.0 Å². The van der Waals surface area contributed by atoms with Crippen LogP contribution in [0.1, 0.15) is 1.43 Å². The van der Waals surface area contributed by atoms with Gasteiger partial charge in [-0.2, -0.15) is 12.6 Å². The molecular formula is C4H13NaO3SSi. The second-order valence-electron chi connectivity index (χ2n) is 1.45. The molecule has 0 aliphatic carbocycles. The molecule has 58 valence electrons. The summed E-state index contributed by atoms with van der Waals surface area (Å²) < 4.78 is 15.0. The number of hydrogen-bond acceptors (Lipinski definition) is 4. The van der Waals surface area contributed by atoms with E-state index in [9.17, 15) is 0 Å². The van der Waals surface area contributed by atoms with E-state index in [1.807, 2.05) is 0 Å². The average molecular weight is 192 g/mol. The summed E-state index contributed by atoms with van der Waals surface area (Å²) in [6.07, 6.45) is 0. The van der Waals surface area contributed by atoms with Crippen molar-refractivity contribution in [3.05, 3.63) is 0 Å². The summed E-state index contributed by atoms with van der Waals surface area (Å²) in [6, 6.07) is 0. The SMILES string of the molecule is CO[Si](CS)(OC)OC.[H-].[Na+]. The van der Waals surface area contributed by atoms with Crippen molar-refractivity contribution in [1.82, 2.24) is 0 Å². The van der Waals surface area contributed by atoms with Gasteiger partial charge >= 0.3 is 38.4 Å². The fourth-order valence-electron chi connectivity index (χ4n) is 0.444. The van der Waals surface area contributed by atoms with Gasteiger partial charge in [-0.25, -0.2) is 0 Å². The third kappa shape index (κ3) is 3.73. The third-order valence-corrected chi connectivity index (χ3v) is 4.54. The Morgan fingerprint density at radius 2 is 1.50 bits per heavy atom. The normalized spacial score (nSPS) is 10.8. The van der Waals surface area contributed by atoms with Gasteiger partial charge in [-0.05, 0) is 0 Å². The number of rotatable bonds is 4. The molecule has 3 nitrogen and oxygen atoms in total. The molecule has 0 aromatic carbocycles. The second-order valence-corrected chi connectivity index (χ2v) is 5.31. The van der Waals surface area contributed by atoms with E-state index in [0.29, 0.717) is 5.38 Å². The van der Waals surface area contributed by atoms with Crippen molar-refractivity contribution in [2.45, 2.75) is 0 Å². The second kappa shape index (κ2) is 7.12. The van der Waals surface area contributed by atoms with Crippen LogP contribution in [0.2, 0.25) is 0 Å².